The molecular weight excluding hydrogens is 286 g/mol. The van der Waals surface area contributed by atoms with Crippen molar-refractivity contribution in [2.24, 2.45) is 0 Å². The largest absolute Gasteiger partial charge is 0.321 e. The van der Waals surface area contributed by atoms with E-state index in [2.05, 4.69) is 41.6 Å². The molecular formula is C19H19N3O. The third kappa shape index (κ3) is 3.66. The lowest BCUT2D eigenvalue weighted by atomic mass is 10.1. The van der Waals surface area contributed by atoms with Gasteiger partial charge < -0.3 is 5.32 Å². The fraction of sp³-hybridized carbons (Fsp3) is 0.158. The van der Waals surface area contributed by atoms with Gasteiger partial charge in [-0.25, -0.2) is 0 Å². The summed E-state index contributed by atoms with van der Waals surface area (Å²) in [6.45, 7) is 4.68. The Morgan fingerprint density at radius 3 is 2.43 bits per heavy atom. The maximum Gasteiger partial charge on any atom is 0.276 e. The van der Waals surface area contributed by atoms with Crippen molar-refractivity contribution in [1.29, 1.82) is 0 Å². The van der Waals surface area contributed by atoms with Crippen LogP contribution in [0.5, 0.6) is 0 Å². The summed E-state index contributed by atoms with van der Waals surface area (Å²) in [4.78, 5) is 12.3. The topological polar surface area (TPSA) is 46.9 Å². The molecule has 3 aromatic rings. The third-order valence-corrected chi connectivity index (χ3v) is 3.70. The van der Waals surface area contributed by atoms with Crippen molar-refractivity contribution in [3.63, 3.8) is 0 Å². The van der Waals surface area contributed by atoms with Gasteiger partial charge in [-0.3, -0.25) is 9.48 Å². The molecule has 0 atom stereocenters. The molecule has 0 spiro atoms. The Labute approximate surface area is 135 Å². The minimum absolute atomic E-state index is 0.193. The molecule has 0 bridgehead atoms. The normalized spacial score (nSPS) is 10.5. The van der Waals surface area contributed by atoms with Crippen LogP contribution in [0.3, 0.4) is 0 Å². The van der Waals surface area contributed by atoms with Crippen LogP contribution in [-0.4, -0.2) is 15.7 Å². The first kappa shape index (κ1) is 15.0. The van der Waals surface area contributed by atoms with E-state index >= 15 is 0 Å². The number of carbonyl (C=O) groups excluding carboxylic acids is 1. The van der Waals surface area contributed by atoms with E-state index in [0.717, 1.165) is 16.9 Å². The summed E-state index contributed by atoms with van der Waals surface area (Å²) in [5.41, 5.74) is 4.55. The first-order valence-electron chi connectivity index (χ1n) is 7.58. The molecule has 0 aliphatic carbocycles. The number of carbonyl (C=O) groups is 1. The molecule has 116 valence electrons. The van der Waals surface area contributed by atoms with Crippen molar-refractivity contribution in [1.82, 2.24) is 9.78 Å². The van der Waals surface area contributed by atoms with Crippen LogP contribution >= 0.6 is 0 Å². The van der Waals surface area contributed by atoms with E-state index < -0.39 is 0 Å². The van der Waals surface area contributed by atoms with E-state index in [1.54, 1.807) is 0 Å². The SMILES string of the molecule is Cc1ccc(Cn2nc(C(=O)Nc3ccccc3)cc2C)cc1. The van der Waals surface area contributed by atoms with E-state index in [0.29, 0.717) is 12.2 Å². The Bertz CT molecular complexity index is 804. The molecule has 1 aromatic heterocycles. The molecule has 3 rings (SSSR count). The maximum absolute atomic E-state index is 12.3. The second kappa shape index (κ2) is 6.48. The Hall–Kier alpha value is -2.88. The second-order valence-electron chi connectivity index (χ2n) is 5.63. The molecule has 2 aromatic carbocycles. The highest BCUT2D eigenvalue weighted by Gasteiger charge is 2.12. The van der Waals surface area contributed by atoms with Gasteiger partial charge in [0.1, 0.15) is 0 Å². The molecule has 4 nitrogen and oxygen atoms in total. The van der Waals surface area contributed by atoms with Gasteiger partial charge in [0.05, 0.1) is 6.54 Å². The number of rotatable bonds is 4. The van der Waals surface area contributed by atoms with Gasteiger partial charge in [0.15, 0.2) is 5.69 Å². The average Bonchev–Trinajstić information content (AvgIpc) is 2.92. The number of hydrogen-bond acceptors (Lipinski definition) is 2. The third-order valence-electron chi connectivity index (χ3n) is 3.70. The Kier molecular flexibility index (Phi) is 4.24. The quantitative estimate of drug-likeness (QED) is 0.797. The molecule has 0 aliphatic heterocycles. The lowest BCUT2D eigenvalue weighted by Gasteiger charge is -2.05. The minimum Gasteiger partial charge on any atom is -0.321 e. The summed E-state index contributed by atoms with van der Waals surface area (Å²) in [7, 11) is 0. The Balaban J connectivity index is 1.75. The number of nitrogens with zero attached hydrogens (tertiary/aromatic N) is 2. The van der Waals surface area contributed by atoms with Gasteiger partial charge in [0, 0.05) is 11.4 Å². The van der Waals surface area contributed by atoms with Crippen molar-refractivity contribution in [3.05, 3.63) is 83.2 Å². The number of aryl methyl sites for hydroxylation is 2. The number of aromatic nitrogens is 2. The number of para-hydroxylation sites is 1. The molecule has 0 radical (unpaired) electrons. The zero-order valence-corrected chi connectivity index (χ0v) is 13.3. The summed E-state index contributed by atoms with van der Waals surface area (Å²) in [5, 5.41) is 7.28. The lowest BCUT2D eigenvalue weighted by Crippen LogP contribution is -2.13. The number of amides is 1. The Morgan fingerprint density at radius 2 is 1.74 bits per heavy atom. The number of nitrogens with one attached hydrogen (secondary N) is 1. The standard InChI is InChI=1S/C19H19N3O/c1-14-8-10-16(11-9-14)13-22-15(2)12-18(21-22)19(23)20-17-6-4-3-5-7-17/h3-12H,13H2,1-2H3,(H,20,23). The maximum atomic E-state index is 12.3. The van der Waals surface area contributed by atoms with Gasteiger partial charge in [-0.05, 0) is 37.6 Å². The fourth-order valence-electron chi connectivity index (χ4n) is 2.36. The predicted molar refractivity (Wildman–Crippen MR) is 91.6 cm³/mol. The van der Waals surface area contributed by atoms with Crippen molar-refractivity contribution < 1.29 is 4.79 Å². The molecule has 0 saturated heterocycles. The zero-order valence-electron chi connectivity index (χ0n) is 13.3. The monoisotopic (exact) mass is 305 g/mol. The molecule has 1 N–H and O–H groups in total. The number of anilines is 1. The summed E-state index contributed by atoms with van der Waals surface area (Å²) in [5.74, 6) is -0.193. The van der Waals surface area contributed by atoms with E-state index in [9.17, 15) is 4.79 Å². The summed E-state index contributed by atoms with van der Waals surface area (Å²) in [6, 6.07) is 19.5. The van der Waals surface area contributed by atoms with Crippen LogP contribution in [0.4, 0.5) is 5.69 Å². The van der Waals surface area contributed by atoms with Crippen LogP contribution in [0.25, 0.3) is 0 Å². The van der Waals surface area contributed by atoms with E-state index in [4.69, 9.17) is 0 Å². The number of benzene rings is 2. The predicted octanol–water partition coefficient (Wildman–Crippen LogP) is 3.80. The first-order valence-corrected chi connectivity index (χ1v) is 7.58. The fourth-order valence-corrected chi connectivity index (χ4v) is 2.36. The van der Waals surface area contributed by atoms with Crippen molar-refractivity contribution >= 4 is 11.6 Å². The second-order valence-corrected chi connectivity index (χ2v) is 5.63. The van der Waals surface area contributed by atoms with Gasteiger partial charge in [-0.2, -0.15) is 5.10 Å². The van der Waals surface area contributed by atoms with Crippen LogP contribution in [0.2, 0.25) is 0 Å². The molecule has 1 heterocycles. The smallest absolute Gasteiger partial charge is 0.276 e. The average molecular weight is 305 g/mol. The first-order chi connectivity index (χ1) is 11.1. The van der Waals surface area contributed by atoms with E-state index in [-0.39, 0.29) is 5.91 Å². The molecule has 1 amide bonds. The van der Waals surface area contributed by atoms with E-state index in [1.165, 1.54) is 5.56 Å². The van der Waals surface area contributed by atoms with Gasteiger partial charge in [0.25, 0.3) is 5.91 Å². The van der Waals surface area contributed by atoms with Crippen molar-refractivity contribution in [2.45, 2.75) is 20.4 Å². The van der Waals surface area contributed by atoms with Gasteiger partial charge in [-0.1, -0.05) is 48.0 Å². The molecule has 23 heavy (non-hydrogen) atoms. The lowest BCUT2D eigenvalue weighted by molar-refractivity contribution is 0.102. The number of hydrogen-bond donors (Lipinski definition) is 1. The van der Waals surface area contributed by atoms with Crippen LogP contribution in [0, 0.1) is 13.8 Å². The van der Waals surface area contributed by atoms with Crippen LogP contribution < -0.4 is 5.32 Å². The highest BCUT2D eigenvalue weighted by atomic mass is 16.1. The van der Waals surface area contributed by atoms with Gasteiger partial charge >= 0.3 is 0 Å². The van der Waals surface area contributed by atoms with E-state index in [1.807, 2.05) is 48.0 Å². The molecule has 4 heteroatoms. The summed E-state index contributed by atoms with van der Waals surface area (Å²) < 4.78 is 1.85. The molecule has 0 fully saturated rings. The molecule has 0 saturated carbocycles. The zero-order chi connectivity index (χ0) is 16.2. The highest BCUT2D eigenvalue weighted by Crippen LogP contribution is 2.11. The van der Waals surface area contributed by atoms with Gasteiger partial charge in [-0.15, -0.1) is 0 Å². The van der Waals surface area contributed by atoms with Crippen LogP contribution in [0.1, 0.15) is 27.3 Å². The molecule has 0 aliphatic rings. The summed E-state index contributed by atoms with van der Waals surface area (Å²) >= 11 is 0. The minimum atomic E-state index is -0.193. The van der Waals surface area contributed by atoms with Crippen molar-refractivity contribution in [2.75, 3.05) is 5.32 Å². The van der Waals surface area contributed by atoms with Crippen LogP contribution in [-0.2, 0) is 6.54 Å². The summed E-state index contributed by atoms with van der Waals surface area (Å²) in [6.07, 6.45) is 0. The highest BCUT2D eigenvalue weighted by molar-refractivity contribution is 6.02. The van der Waals surface area contributed by atoms with Crippen LogP contribution in [0.15, 0.2) is 60.7 Å². The molecule has 0 unspecified atom stereocenters. The Morgan fingerprint density at radius 1 is 1.04 bits per heavy atom. The van der Waals surface area contributed by atoms with Crippen molar-refractivity contribution in [3.8, 4) is 0 Å². The van der Waals surface area contributed by atoms with Gasteiger partial charge in [0.2, 0.25) is 0 Å².